The van der Waals surface area contributed by atoms with Gasteiger partial charge in [0.2, 0.25) is 11.8 Å². The Balaban J connectivity index is 0.00000264. The molecule has 2 amide bonds. The third-order valence-electron chi connectivity index (χ3n) is 4.06. The lowest BCUT2D eigenvalue weighted by molar-refractivity contribution is -0.134. The Morgan fingerprint density at radius 3 is 2.57 bits per heavy atom. The Kier molecular flexibility index (Phi) is 7.52. The Labute approximate surface area is 144 Å². The molecule has 1 saturated heterocycles. The van der Waals surface area contributed by atoms with Crippen LogP contribution in [0.4, 0.5) is 0 Å². The molecule has 5 nitrogen and oxygen atoms in total. The van der Waals surface area contributed by atoms with E-state index in [2.05, 4.69) is 10.6 Å². The molecule has 0 bridgehead atoms. The number of benzene rings is 1. The molecule has 2 rings (SSSR count). The molecule has 6 heteroatoms. The molecule has 1 aliphatic heterocycles. The summed E-state index contributed by atoms with van der Waals surface area (Å²) in [4.78, 5) is 26.0. The van der Waals surface area contributed by atoms with E-state index in [1.807, 2.05) is 43.0 Å². The average molecular weight is 340 g/mol. The molecule has 1 fully saturated rings. The Morgan fingerprint density at radius 2 is 2.00 bits per heavy atom. The summed E-state index contributed by atoms with van der Waals surface area (Å²) in [7, 11) is 0. The highest BCUT2D eigenvalue weighted by molar-refractivity contribution is 5.85. The molecule has 0 aromatic heterocycles. The highest BCUT2D eigenvalue weighted by atomic mass is 35.5. The molecular formula is C17H26ClN3O2. The number of carbonyl (C=O) groups is 2. The van der Waals surface area contributed by atoms with Gasteiger partial charge in [-0.25, -0.2) is 0 Å². The molecule has 0 spiro atoms. The van der Waals surface area contributed by atoms with Crippen LogP contribution >= 0.6 is 12.4 Å². The molecule has 128 valence electrons. The zero-order chi connectivity index (χ0) is 16.1. The Hall–Kier alpha value is -1.59. The van der Waals surface area contributed by atoms with Crippen LogP contribution in [-0.4, -0.2) is 42.4 Å². The summed E-state index contributed by atoms with van der Waals surface area (Å²) in [5.41, 5.74) is 2.13. The van der Waals surface area contributed by atoms with Crippen LogP contribution in [0, 0.1) is 6.92 Å². The fraction of sp³-hybridized carbons (Fsp3) is 0.529. The van der Waals surface area contributed by atoms with E-state index in [9.17, 15) is 9.59 Å². The molecule has 2 atom stereocenters. The highest BCUT2D eigenvalue weighted by Crippen LogP contribution is 2.20. The second-order valence-electron chi connectivity index (χ2n) is 6.01. The molecule has 1 aliphatic rings. The van der Waals surface area contributed by atoms with Crippen LogP contribution in [0.1, 0.15) is 37.4 Å². The topological polar surface area (TPSA) is 61.4 Å². The SMILES string of the molecule is CC(=O)NC(CC(=O)N1CCNCC1C)c1ccc(C)cc1.Cl. The van der Waals surface area contributed by atoms with Crippen molar-refractivity contribution in [2.75, 3.05) is 19.6 Å². The molecule has 2 N–H and O–H groups in total. The van der Waals surface area contributed by atoms with Crippen molar-refractivity contribution in [1.29, 1.82) is 0 Å². The molecule has 0 radical (unpaired) electrons. The fourth-order valence-corrected chi connectivity index (χ4v) is 2.80. The van der Waals surface area contributed by atoms with Gasteiger partial charge in [-0.05, 0) is 19.4 Å². The maximum absolute atomic E-state index is 12.6. The van der Waals surface area contributed by atoms with Crippen molar-refractivity contribution >= 4 is 24.2 Å². The zero-order valence-electron chi connectivity index (χ0n) is 14.0. The van der Waals surface area contributed by atoms with Gasteiger partial charge < -0.3 is 15.5 Å². The van der Waals surface area contributed by atoms with E-state index in [1.165, 1.54) is 6.92 Å². The number of amides is 2. The maximum Gasteiger partial charge on any atom is 0.225 e. The monoisotopic (exact) mass is 339 g/mol. The van der Waals surface area contributed by atoms with Gasteiger partial charge in [-0.1, -0.05) is 29.8 Å². The van der Waals surface area contributed by atoms with Gasteiger partial charge in [-0.2, -0.15) is 0 Å². The summed E-state index contributed by atoms with van der Waals surface area (Å²) in [6.45, 7) is 7.92. The molecule has 2 unspecified atom stereocenters. The number of rotatable bonds is 4. The molecule has 0 saturated carbocycles. The van der Waals surface area contributed by atoms with Crippen LogP contribution in [0.15, 0.2) is 24.3 Å². The van der Waals surface area contributed by atoms with Gasteiger partial charge in [0.05, 0.1) is 12.5 Å². The third-order valence-corrected chi connectivity index (χ3v) is 4.06. The molecular weight excluding hydrogens is 314 g/mol. The van der Waals surface area contributed by atoms with Gasteiger partial charge >= 0.3 is 0 Å². The normalized spacial score (nSPS) is 18.7. The molecule has 1 aromatic carbocycles. The fourth-order valence-electron chi connectivity index (χ4n) is 2.80. The average Bonchev–Trinajstić information content (AvgIpc) is 2.47. The first-order chi connectivity index (χ1) is 10.5. The van der Waals surface area contributed by atoms with Crippen LogP contribution in [0.5, 0.6) is 0 Å². The number of halogens is 1. The van der Waals surface area contributed by atoms with E-state index in [0.717, 1.165) is 30.8 Å². The van der Waals surface area contributed by atoms with E-state index >= 15 is 0 Å². The number of aryl methyl sites for hydroxylation is 1. The lowest BCUT2D eigenvalue weighted by Crippen LogP contribution is -2.52. The summed E-state index contributed by atoms with van der Waals surface area (Å²) in [5, 5.41) is 6.18. The number of piperazine rings is 1. The first kappa shape index (κ1) is 19.5. The van der Waals surface area contributed by atoms with E-state index in [4.69, 9.17) is 0 Å². The summed E-state index contributed by atoms with van der Waals surface area (Å²) in [6.07, 6.45) is 0.299. The Morgan fingerprint density at radius 1 is 1.35 bits per heavy atom. The van der Waals surface area contributed by atoms with Crippen molar-refractivity contribution in [2.24, 2.45) is 0 Å². The zero-order valence-corrected chi connectivity index (χ0v) is 14.8. The number of nitrogens with zero attached hydrogens (tertiary/aromatic N) is 1. The summed E-state index contributed by atoms with van der Waals surface area (Å²) < 4.78 is 0. The first-order valence-electron chi connectivity index (χ1n) is 7.81. The van der Waals surface area contributed by atoms with Gasteiger partial charge in [0, 0.05) is 32.6 Å². The van der Waals surface area contributed by atoms with Crippen molar-refractivity contribution < 1.29 is 9.59 Å². The summed E-state index contributed by atoms with van der Waals surface area (Å²) >= 11 is 0. The van der Waals surface area contributed by atoms with Crippen molar-refractivity contribution in [3.63, 3.8) is 0 Å². The number of hydrogen-bond acceptors (Lipinski definition) is 3. The first-order valence-corrected chi connectivity index (χ1v) is 7.81. The minimum absolute atomic E-state index is 0. The lowest BCUT2D eigenvalue weighted by Gasteiger charge is -2.35. The quantitative estimate of drug-likeness (QED) is 0.879. The van der Waals surface area contributed by atoms with E-state index in [-0.39, 0.29) is 36.3 Å². The standard InChI is InChI=1S/C17H25N3O2.ClH/c1-12-4-6-15(7-5-12)16(19-14(3)21)10-17(22)20-9-8-18-11-13(20)2;/h4-7,13,16,18H,8-11H2,1-3H3,(H,19,21);1H. The van der Waals surface area contributed by atoms with E-state index in [0.29, 0.717) is 6.42 Å². The van der Waals surface area contributed by atoms with Gasteiger partial charge in [-0.3, -0.25) is 9.59 Å². The smallest absolute Gasteiger partial charge is 0.225 e. The Bertz CT molecular complexity index is 533. The highest BCUT2D eigenvalue weighted by Gasteiger charge is 2.26. The molecule has 1 heterocycles. The third kappa shape index (κ3) is 5.52. The second kappa shape index (κ2) is 8.89. The van der Waals surface area contributed by atoms with Crippen molar-refractivity contribution in [1.82, 2.24) is 15.5 Å². The second-order valence-corrected chi connectivity index (χ2v) is 6.01. The molecule has 0 aliphatic carbocycles. The van der Waals surface area contributed by atoms with Gasteiger partial charge in [0.25, 0.3) is 0 Å². The number of nitrogens with one attached hydrogen (secondary N) is 2. The van der Waals surface area contributed by atoms with Crippen LogP contribution in [0.3, 0.4) is 0 Å². The van der Waals surface area contributed by atoms with Crippen molar-refractivity contribution in [3.05, 3.63) is 35.4 Å². The molecule has 1 aromatic rings. The van der Waals surface area contributed by atoms with Crippen molar-refractivity contribution in [2.45, 2.75) is 39.3 Å². The molecule has 23 heavy (non-hydrogen) atoms. The van der Waals surface area contributed by atoms with Crippen LogP contribution in [0.2, 0.25) is 0 Å². The largest absolute Gasteiger partial charge is 0.349 e. The minimum atomic E-state index is -0.271. The van der Waals surface area contributed by atoms with Gasteiger partial charge in [0.1, 0.15) is 0 Å². The van der Waals surface area contributed by atoms with Crippen LogP contribution < -0.4 is 10.6 Å². The van der Waals surface area contributed by atoms with E-state index in [1.54, 1.807) is 0 Å². The number of carbonyl (C=O) groups excluding carboxylic acids is 2. The van der Waals surface area contributed by atoms with Gasteiger partial charge in [0.15, 0.2) is 0 Å². The van der Waals surface area contributed by atoms with Crippen LogP contribution in [-0.2, 0) is 9.59 Å². The summed E-state index contributed by atoms with van der Waals surface area (Å²) in [6, 6.07) is 7.88. The van der Waals surface area contributed by atoms with Crippen LogP contribution in [0.25, 0.3) is 0 Å². The van der Waals surface area contributed by atoms with E-state index < -0.39 is 0 Å². The predicted molar refractivity (Wildman–Crippen MR) is 93.6 cm³/mol. The maximum atomic E-state index is 12.6. The predicted octanol–water partition coefficient (Wildman–Crippen LogP) is 1.80. The summed E-state index contributed by atoms with van der Waals surface area (Å²) in [5.74, 6) is -0.0277. The lowest BCUT2D eigenvalue weighted by atomic mass is 10.0. The van der Waals surface area contributed by atoms with Gasteiger partial charge in [-0.15, -0.1) is 12.4 Å². The minimum Gasteiger partial charge on any atom is -0.349 e. The number of hydrogen-bond donors (Lipinski definition) is 2. The van der Waals surface area contributed by atoms with Crippen molar-refractivity contribution in [3.8, 4) is 0 Å².